The van der Waals surface area contributed by atoms with E-state index in [1.165, 1.54) is 0 Å². The first-order chi connectivity index (χ1) is 8.00. The van der Waals surface area contributed by atoms with Gasteiger partial charge in [0.25, 0.3) is 0 Å². The number of hydrogen-bond donors (Lipinski definition) is 0. The van der Waals surface area contributed by atoms with Crippen LogP contribution in [0.4, 0.5) is 0 Å². The fourth-order valence-electron chi connectivity index (χ4n) is 1.03. The van der Waals surface area contributed by atoms with Crippen LogP contribution in [-0.4, -0.2) is 66.4 Å². The lowest BCUT2D eigenvalue weighted by molar-refractivity contribution is -0.108. The van der Waals surface area contributed by atoms with E-state index in [4.69, 9.17) is 28.4 Å². The molecule has 6 nitrogen and oxygen atoms in total. The second-order valence-electron chi connectivity index (χ2n) is 3.09. The van der Waals surface area contributed by atoms with Crippen molar-refractivity contribution in [3.63, 3.8) is 0 Å². The Balaban J connectivity index is 0.000000160. The van der Waals surface area contributed by atoms with Crippen molar-refractivity contribution >= 4 is 0 Å². The van der Waals surface area contributed by atoms with Gasteiger partial charge in [0.2, 0.25) is 0 Å². The molecule has 0 saturated carbocycles. The lowest BCUT2D eigenvalue weighted by Gasteiger charge is -2.10. The van der Waals surface area contributed by atoms with Gasteiger partial charge in [0, 0.05) is 0 Å². The third kappa shape index (κ3) is 9.02. The van der Waals surface area contributed by atoms with Gasteiger partial charge in [-0.1, -0.05) is 0 Å². The minimum Gasteiger partial charge on any atom is -0.377 e. The van der Waals surface area contributed by atoms with Crippen LogP contribution in [0.25, 0.3) is 0 Å². The first-order valence-corrected chi connectivity index (χ1v) is 5.46. The molecule has 2 aliphatic rings. The van der Waals surface area contributed by atoms with Gasteiger partial charge in [0.1, 0.15) is 13.6 Å². The molecule has 0 aromatic rings. The van der Waals surface area contributed by atoms with Gasteiger partial charge in [-0.3, -0.25) is 0 Å². The van der Waals surface area contributed by atoms with Crippen LogP contribution >= 0.6 is 0 Å². The van der Waals surface area contributed by atoms with E-state index in [1.54, 1.807) is 0 Å². The zero-order chi connectivity index (χ0) is 11.3. The van der Waals surface area contributed by atoms with Crippen molar-refractivity contribution in [2.75, 3.05) is 66.4 Å². The molecular weight excluding hydrogens is 216 g/mol. The summed E-state index contributed by atoms with van der Waals surface area (Å²) in [6.45, 7) is 6.24. The summed E-state index contributed by atoms with van der Waals surface area (Å²) >= 11 is 0. The minimum absolute atomic E-state index is 0.420. The highest BCUT2D eigenvalue weighted by molar-refractivity contribution is 4.33. The van der Waals surface area contributed by atoms with Crippen LogP contribution < -0.4 is 0 Å². The smallest absolute Gasteiger partial charge is 0.146 e. The molecule has 0 radical (unpaired) electrons. The minimum atomic E-state index is 0.420. The average molecular weight is 236 g/mol. The summed E-state index contributed by atoms with van der Waals surface area (Å²) in [5.41, 5.74) is 0. The normalized spacial score (nSPS) is 24.0. The van der Waals surface area contributed by atoms with Crippen molar-refractivity contribution in [1.29, 1.82) is 0 Å². The quantitative estimate of drug-likeness (QED) is 0.591. The van der Waals surface area contributed by atoms with Gasteiger partial charge in [-0.25, -0.2) is 0 Å². The standard InChI is InChI=1S/2C5H10O3/c2*1-3-7-5-8-4-2-6-1/h2*1-5H2. The lowest BCUT2D eigenvalue weighted by atomic mass is 10.7. The molecular formula is C10H20O6. The van der Waals surface area contributed by atoms with Gasteiger partial charge < -0.3 is 28.4 Å². The first-order valence-electron chi connectivity index (χ1n) is 5.46. The largest absolute Gasteiger partial charge is 0.377 e. The topological polar surface area (TPSA) is 55.4 Å². The molecule has 0 bridgehead atoms. The van der Waals surface area contributed by atoms with E-state index in [9.17, 15) is 0 Å². The van der Waals surface area contributed by atoms with Gasteiger partial charge in [-0.2, -0.15) is 0 Å². The maximum absolute atomic E-state index is 5.02. The fraction of sp³-hybridized carbons (Fsp3) is 1.00. The van der Waals surface area contributed by atoms with Crippen molar-refractivity contribution in [3.05, 3.63) is 0 Å². The van der Waals surface area contributed by atoms with Crippen molar-refractivity contribution in [2.24, 2.45) is 0 Å². The Labute approximate surface area is 95.7 Å². The monoisotopic (exact) mass is 236 g/mol. The van der Waals surface area contributed by atoms with Gasteiger partial charge in [0.15, 0.2) is 0 Å². The predicted molar refractivity (Wildman–Crippen MR) is 55.2 cm³/mol. The van der Waals surface area contributed by atoms with E-state index in [0.717, 1.165) is 0 Å². The highest BCUT2D eigenvalue weighted by Crippen LogP contribution is 1.86. The Bertz CT molecular complexity index is 79.3. The van der Waals surface area contributed by atoms with E-state index < -0.39 is 0 Å². The molecule has 16 heavy (non-hydrogen) atoms. The van der Waals surface area contributed by atoms with Crippen LogP contribution in [0.5, 0.6) is 0 Å². The van der Waals surface area contributed by atoms with Crippen LogP contribution in [0.1, 0.15) is 0 Å². The summed E-state index contributed by atoms with van der Waals surface area (Å²) in [7, 11) is 0. The highest BCUT2D eigenvalue weighted by Gasteiger charge is 1.95. The van der Waals surface area contributed by atoms with Gasteiger partial charge in [-0.15, -0.1) is 0 Å². The highest BCUT2D eigenvalue weighted by atomic mass is 16.7. The number of ether oxygens (including phenoxy) is 6. The van der Waals surface area contributed by atoms with E-state index in [2.05, 4.69) is 0 Å². The van der Waals surface area contributed by atoms with Crippen molar-refractivity contribution in [3.8, 4) is 0 Å². The van der Waals surface area contributed by atoms with E-state index in [1.807, 2.05) is 0 Å². The van der Waals surface area contributed by atoms with Crippen molar-refractivity contribution < 1.29 is 28.4 Å². The Morgan fingerprint density at radius 3 is 0.875 bits per heavy atom. The van der Waals surface area contributed by atoms with Crippen LogP contribution in [0.3, 0.4) is 0 Å². The maximum Gasteiger partial charge on any atom is 0.146 e. The van der Waals surface area contributed by atoms with Crippen LogP contribution in [0.15, 0.2) is 0 Å². The molecule has 0 unspecified atom stereocenters. The zero-order valence-electron chi connectivity index (χ0n) is 9.52. The molecule has 96 valence electrons. The predicted octanol–water partition coefficient (Wildman–Crippen LogP) is 0.0146. The second kappa shape index (κ2) is 11.3. The molecule has 0 N–H and O–H groups in total. The van der Waals surface area contributed by atoms with Crippen molar-refractivity contribution in [1.82, 2.24) is 0 Å². The summed E-state index contributed by atoms with van der Waals surface area (Å²) in [6, 6.07) is 0. The molecule has 2 fully saturated rings. The molecule has 6 heteroatoms. The molecule has 0 spiro atoms. The van der Waals surface area contributed by atoms with E-state index in [-0.39, 0.29) is 0 Å². The first kappa shape index (κ1) is 13.8. The molecule has 0 aromatic carbocycles. The summed E-state index contributed by atoms with van der Waals surface area (Å²) in [5.74, 6) is 0. The molecule has 0 aliphatic carbocycles. The van der Waals surface area contributed by atoms with Crippen LogP contribution in [0.2, 0.25) is 0 Å². The molecule has 2 rings (SSSR count). The molecule has 2 aliphatic heterocycles. The molecule has 2 saturated heterocycles. The third-order valence-corrected chi connectivity index (χ3v) is 1.82. The van der Waals surface area contributed by atoms with Gasteiger partial charge >= 0.3 is 0 Å². The molecule has 0 amide bonds. The summed E-state index contributed by atoms with van der Waals surface area (Å²) in [5, 5.41) is 0. The van der Waals surface area contributed by atoms with Crippen LogP contribution in [0, 0.1) is 0 Å². The summed E-state index contributed by atoms with van der Waals surface area (Å²) in [6.07, 6.45) is 0. The Hall–Kier alpha value is -0.240. The summed E-state index contributed by atoms with van der Waals surface area (Å²) < 4.78 is 29.8. The maximum atomic E-state index is 5.02. The zero-order valence-corrected chi connectivity index (χ0v) is 9.52. The van der Waals surface area contributed by atoms with Crippen molar-refractivity contribution in [2.45, 2.75) is 0 Å². The Morgan fingerprint density at radius 2 is 0.562 bits per heavy atom. The Morgan fingerprint density at radius 1 is 0.312 bits per heavy atom. The lowest BCUT2D eigenvalue weighted by Crippen LogP contribution is -2.15. The van der Waals surface area contributed by atoms with Crippen LogP contribution in [-0.2, 0) is 28.4 Å². The Kier molecular flexibility index (Phi) is 9.72. The van der Waals surface area contributed by atoms with E-state index in [0.29, 0.717) is 66.4 Å². The third-order valence-electron chi connectivity index (χ3n) is 1.82. The van der Waals surface area contributed by atoms with Gasteiger partial charge in [-0.05, 0) is 0 Å². The molecule has 0 atom stereocenters. The van der Waals surface area contributed by atoms with E-state index >= 15 is 0 Å². The fourth-order valence-corrected chi connectivity index (χ4v) is 1.03. The second-order valence-corrected chi connectivity index (χ2v) is 3.09. The molecule has 0 aromatic heterocycles. The summed E-state index contributed by atoms with van der Waals surface area (Å²) in [4.78, 5) is 0. The SMILES string of the molecule is C1COCOCCO1.C1COCOCCO1. The number of rotatable bonds is 0. The average Bonchev–Trinajstić information content (AvgIpc) is 2.15. The number of hydrogen-bond acceptors (Lipinski definition) is 6. The molecule has 2 heterocycles. The van der Waals surface area contributed by atoms with Gasteiger partial charge in [0.05, 0.1) is 52.9 Å².